The zero-order valence-electron chi connectivity index (χ0n) is 15.9. The molecule has 0 radical (unpaired) electrons. The third kappa shape index (κ3) is 4.79. The van der Waals surface area contributed by atoms with Gasteiger partial charge >= 0.3 is 0 Å². The van der Waals surface area contributed by atoms with Crippen LogP contribution in [0.15, 0.2) is 18.2 Å². The number of nitrogens with zero attached hydrogens (tertiary/aromatic N) is 2. The van der Waals surface area contributed by atoms with E-state index in [1.165, 1.54) is 0 Å². The van der Waals surface area contributed by atoms with E-state index in [1.54, 1.807) is 6.07 Å². The van der Waals surface area contributed by atoms with E-state index >= 15 is 0 Å². The van der Waals surface area contributed by atoms with E-state index < -0.39 is 0 Å². The number of carbonyl (C=O) groups is 1. The molecule has 0 saturated carbocycles. The first-order chi connectivity index (χ1) is 12.9. The number of nitrogens with one attached hydrogen (secondary N) is 2. The average molecular weight is 368 g/mol. The molecule has 7 heteroatoms. The van der Waals surface area contributed by atoms with Crippen molar-refractivity contribution in [2.75, 3.05) is 25.2 Å². The van der Waals surface area contributed by atoms with Gasteiger partial charge in [-0.05, 0) is 24.0 Å². The maximum Gasteiger partial charge on any atom is 0.231 e. The molecule has 27 heavy (non-hydrogen) atoms. The van der Waals surface area contributed by atoms with Crippen LogP contribution < -0.4 is 20.1 Å². The number of carbonyl (C=O) groups excluding carboxylic acids is 1. The smallest absolute Gasteiger partial charge is 0.231 e. The number of nitriles is 1. The molecule has 0 spiro atoms. The molecule has 1 amide bonds. The molecule has 0 atom stereocenters. The Morgan fingerprint density at radius 2 is 1.96 bits per heavy atom. The second-order valence-electron chi connectivity index (χ2n) is 7.76. The lowest BCUT2D eigenvalue weighted by atomic mass is 9.92. The number of anilines is 1. The van der Waals surface area contributed by atoms with Gasteiger partial charge in [-0.25, -0.2) is 4.98 Å². The third-order valence-electron chi connectivity index (χ3n) is 4.09. The highest BCUT2D eigenvalue weighted by atomic mass is 16.7. The summed E-state index contributed by atoms with van der Waals surface area (Å²) in [6, 6.07) is 7.61. The number of pyridine rings is 1. The number of amides is 1. The van der Waals surface area contributed by atoms with E-state index in [-0.39, 0.29) is 18.1 Å². The lowest BCUT2D eigenvalue weighted by molar-refractivity contribution is -0.122. The van der Waals surface area contributed by atoms with Gasteiger partial charge in [0, 0.05) is 31.0 Å². The van der Waals surface area contributed by atoms with Crippen LogP contribution in [0.4, 0.5) is 5.82 Å². The van der Waals surface area contributed by atoms with Crippen LogP contribution in [0.1, 0.15) is 39.2 Å². The molecule has 2 heterocycles. The lowest BCUT2D eigenvalue weighted by Gasteiger charge is -2.17. The Morgan fingerprint density at radius 1 is 1.22 bits per heavy atom. The Morgan fingerprint density at radius 3 is 2.67 bits per heavy atom. The Hall–Kier alpha value is -3.01. The fourth-order valence-corrected chi connectivity index (χ4v) is 2.85. The Bertz CT molecular complexity index is 897. The maximum absolute atomic E-state index is 11.8. The summed E-state index contributed by atoms with van der Waals surface area (Å²) in [6.45, 7) is 7.49. The summed E-state index contributed by atoms with van der Waals surface area (Å²) >= 11 is 0. The molecule has 0 bridgehead atoms. The number of hydrogen-bond donors (Lipinski definition) is 2. The molecule has 0 unspecified atom stereocenters. The molecule has 142 valence electrons. The van der Waals surface area contributed by atoms with Gasteiger partial charge in [0.15, 0.2) is 11.5 Å². The van der Waals surface area contributed by atoms with Crippen molar-refractivity contribution < 1.29 is 14.3 Å². The summed E-state index contributed by atoms with van der Waals surface area (Å²) in [7, 11) is 0. The van der Waals surface area contributed by atoms with Crippen LogP contribution in [-0.2, 0) is 4.79 Å². The normalized spacial score (nSPS) is 12.7. The summed E-state index contributed by atoms with van der Waals surface area (Å²) in [6.07, 6.45) is 1.24. The van der Waals surface area contributed by atoms with E-state index in [4.69, 9.17) is 9.47 Å². The van der Waals surface area contributed by atoms with E-state index in [9.17, 15) is 10.1 Å². The van der Waals surface area contributed by atoms with Gasteiger partial charge in [0.2, 0.25) is 12.7 Å². The van der Waals surface area contributed by atoms with Crippen LogP contribution in [0.2, 0.25) is 0 Å². The van der Waals surface area contributed by atoms with Crippen molar-refractivity contribution >= 4 is 22.6 Å². The monoisotopic (exact) mass is 368 g/mol. The van der Waals surface area contributed by atoms with Gasteiger partial charge in [-0.1, -0.05) is 20.8 Å². The van der Waals surface area contributed by atoms with E-state index in [2.05, 4.69) is 21.7 Å². The number of fused-ring (bicyclic) bond motifs is 2. The van der Waals surface area contributed by atoms with E-state index in [1.807, 2.05) is 32.9 Å². The number of hydrogen-bond acceptors (Lipinski definition) is 6. The molecule has 1 aliphatic rings. The molecule has 2 N–H and O–H groups in total. The first-order valence-electron chi connectivity index (χ1n) is 9.01. The third-order valence-corrected chi connectivity index (χ3v) is 4.09. The van der Waals surface area contributed by atoms with Crippen molar-refractivity contribution in [1.82, 2.24) is 10.3 Å². The molecule has 0 fully saturated rings. The lowest BCUT2D eigenvalue weighted by Crippen LogP contribution is -2.29. The Balaban J connectivity index is 1.59. The zero-order chi connectivity index (χ0) is 19.4. The summed E-state index contributed by atoms with van der Waals surface area (Å²) in [5.74, 6) is 1.91. The maximum atomic E-state index is 11.8. The van der Waals surface area contributed by atoms with Crippen molar-refractivity contribution in [3.05, 3.63) is 23.8 Å². The molecule has 3 rings (SSSR count). The van der Waals surface area contributed by atoms with Crippen molar-refractivity contribution in [3.8, 4) is 17.6 Å². The van der Waals surface area contributed by atoms with Gasteiger partial charge in [-0.2, -0.15) is 5.26 Å². The first-order valence-corrected chi connectivity index (χ1v) is 9.01. The van der Waals surface area contributed by atoms with Crippen LogP contribution in [0.3, 0.4) is 0 Å². The Kier molecular flexibility index (Phi) is 5.36. The summed E-state index contributed by atoms with van der Waals surface area (Å²) < 4.78 is 10.8. The first kappa shape index (κ1) is 18.8. The summed E-state index contributed by atoms with van der Waals surface area (Å²) in [5.41, 5.74) is 1.19. The molecule has 1 aromatic heterocycles. The van der Waals surface area contributed by atoms with Gasteiger partial charge in [0.25, 0.3) is 0 Å². The SMILES string of the molecule is CC(C)(C)CC(=O)NCCCNc1nc2cc3c(cc2cc1C#N)OCO3. The topological polar surface area (TPSA) is 96.3 Å². The van der Waals surface area contributed by atoms with Crippen LogP contribution >= 0.6 is 0 Å². The summed E-state index contributed by atoms with van der Waals surface area (Å²) in [5, 5.41) is 16.3. The van der Waals surface area contributed by atoms with Gasteiger partial charge in [-0.15, -0.1) is 0 Å². The second kappa shape index (κ2) is 7.70. The van der Waals surface area contributed by atoms with E-state index in [0.29, 0.717) is 42.4 Å². The van der Waals surface area contributed by atoms with Gasteiger partial charge in [-0.3, -0.25) is 4.79 Å². The minimum atomic E-state index is -0.0199. The quantitative estimate of drug-likeness (QED) is 0.760. The highest BCUT2D eigenvalue weighted by Gasteiger charge is 2.17. The molecule has 0 aliphatic carbocycles. The minimum Gasteiger partial charge on any atom is -0.454 e. The molecular formula is C20H24N4O3. The number of aromatic nitrogens is 1. The highest BCUT2D eigenvalue weighted by Crippen LogP contribution is 2.36. The molecule has 1 aliphatic heterocycles. The average Bonchev–Trinajstić information content (AvgIpc) is 3.04. The fourth-order valence-electron chi connectivity index (χ4n) is 2.85. The van der Waals surface area contributed by atoms with Crippen LogP contribution in [0, 0.1) is 16.7 Å². The second-order valence-corrected chi connectivity index (χ2v) is 7.76. The highest BCUT2D eigenvalue weighted by molar-refractivity contribution is 5.86. The van der Waals surface area contributed by atoms with Crippen molar-refractivity contribution in [2.45, 2.75) is 33.6 Å². The van der Waals surface area contributed by atoms with Gasteiger partial charge < -0.3 is 20.1 Å². The Labute approximate surface area is 158 Å². The largest absolute Gasteiger partial charge is 0.454 e. The molecule has 0 saturated heterocycles. The minimum absolute atomic E-state index is 0.0199. The zero-order valence-corrected chi connectivity index (χ0v) is 15.9. The molecule has 1 aromatic carbocycles. The number of ether oxygens (including phenoxy) is 2. The van der Waals surface area contributed by atoms with Crippen LogP contribution in [0.25, 0.3) is 10.9 Å². The molecular weight excluding hydrogens is 344 g/mol. The van der Waals surface area contributed by atoms with Crippen LogP contribution in [-0.4, -0.2) is 30.8 Å². The molecule has 2 aromatic rings. The predicted octanol–water partition coefficient (Wildman–Crippen LogP) is 3.19. The van der Waals surface area contributed by atoms with Gasteiger partial charge in [0.05, 0.1) is 11.1 Å². The fraction of sp³-hybridized carbons (Fsp3) is 0.450. The van der Waals surface area contributed by atoms with E-state index in [0.717, 1.165) is 17.3 Å². The predicted molar refractivity (Wildman–Crippen MR) is 103 cm³/mol. The van der Waals surface area contributed by atoms with Crippen LogP contribution in [0.5, 0.6) is 11.5 Å². The number of benzene rings is 1. The van der Waals surface area contributed by atoms with Gasteiger partial charge in [0.1, 0.15) is 11.9 Å². The number of rotatable bonds is 6. The standard InChI is InChI=1S/C20H24N4O3/c1-20(2,3)10-18(25)22-5-4-6-23-19-14(11-21)7-13-8-16-17(27-12-26-16)9-15(13)24-19/h7-9H,4-6,10,12H2,1-3H3,(H,22,25)(H,23,24). The van der Waals surface area contributed by atoms with Crippen molar-refractivity contribution in [1.29, 1.82) is 5.26 Å². The summed E-state index contributed by atoms with van der Waals surface area (Å²) in [4.78, 5) is 16.4. The van der Waals surface area contributed by atoms with Crippen molar-refractivity contribution in [3.63, 3.8) is 0 Å². The molecule has 7 nitrogen and oxygen atoms in total. The van der Waals surface area contributed by atoms with Crippen molar-refractivity contribution in [2.24, 2.45) is 5.41 Å².